The molecule has 1 N–H and O–H groups in total. The van der Waals surface area contributed by atoms with Crippen molar-refractivity contribution in [1.29, 1.82) is 0 Å². The molecule has 0 bridgehead atoms. The molecule has 1 fully saturated rings. The van der Waals surface area contributed by atoms with Gasteiger partial charge in [-0.2, -0.15) is 10.1 Å². The number of piperazine rings is 1. The number of carbonyl (C=O) groups is 1. The zero-order valence-corrected chi connectivity index (χ0v) is 29.6. The number of benzene rings is 1. The molecule has 47 heavy (non-hydrogen) atoms. The Morgan fingerprint density at radius 3 is 2.55 bits per heavy atom. The molecular weight excluding hydrogens is 615 g/mol. The molecule has 3 aromatic heterocycles. The summed E-state index contributed by atoms with van der Waals surface area (Å²) in [5.74, 6) is 1.71. The second kappa shape index (κ2) is 14.7. The lowest BCUT2D eigenvalue weighted by molar-refractivity contribution is 0.0793. The number of nitrogens with one attached hydrogen (secondary N) is 1. The summed E-state index contributed by atoms with van der Waals surface area (Å²) >= 11 is 0. The highest BCUT2D eigenvalue weighted by Gasteiger charge is 2.38. The van der Waals surface area contributed by atoms with Gasteiger partial charge in [-0.3, -0.25) is 4.68 Å². The van der Waals surface area contributed by atoms with Crippen molar-refractivity contribution in [1.82, 2.24) is 34.6 Å². The first-order chi connectivity index (χ1) is 22.5. The Hall–Kier alpha value is -4.14. The van der Waals surface area contributed by atoms with E-state index in [1.54, 1.807) is 17.2 Å². The Balaban J connectivity index is 1.46. The van der Waals surface area contributed by atoms with Crippen molar-refractivity contribution in [2.45, 2.75) is 78.6 Å². The van der Waals surface area contributed by atoms with Crippen LogP contribution < -0.4 is 10.2 Å². The van der Waals surface area contributed by atoms with Crippen molar-refractivity contribution in [2.75, 3.05) is 43.1 Å². The Morgan fingerprint density at radius 2 is 1.87 bits per heavy atom. The van der Waals surface area contributed by atoms with Crippen molar-refractivity contribution in [3.05, 3.63) is 60.2 Å². The summed E-state index contributed by atoms with van der Waals surface area (Å²) in [5, 5.41) is 8.43. The molecule has 1 saturated heterocycles. The van der Waals surface area contributed by atoms with E-state index in [4.69, 9.17) is 29.0 Å². The smallest absolute Gasteiger partial charge is 0.410 e. The van der Waals surface area contributed by atoms with Gasteiger partial charge in [0.25, 0.3) is 0 Å². The molecule has 4 aromatic rings. The van der Waals surface area contributed by atoms with E-state index in [1.165, 1.54) is 6.33 Å². The maximum atomic E-state index is 13.0. The third-order valence-corrected chi connectivity index (χ3v) is 13.3. The van der Waals surface area contributed by atoms with E-state index in [2.05, 4.69) is 54.0 Å². The first-order valence-electron chi connectivity index (χ1n) is 16.2. The molecule has 1 aromatic carbocycles. The minimum atomic E-state index is -2.08. The summed E-state index contributed by atoms with van der Waals surface area (Å²) in [7, 11) is -2.08. The van der Waals surface area contributed by atoms with Crippen LogP contribution in [0.2, 0.25) is 18.1 Å². The normalized spacial score (nSPS) is 15.7. The first-order valence-corrected chi connectivity index (χ1v) is 19.1. The molecule has 1 aliphatic rings. The van der Waals surface area contributed by atoms with Crippen molar-refractivity contribution >= 4 is 43.0 Å². The number of amides is 1. The molecule has 0 unspecified atom stereocenters. The summed E-state index contributed by atoms with van der Waals surface area (Å²) in [6.07, 6.45) is 2.84. The number of rotatable bonds is 12. The van der Waals surface area contributed by atoms with E-state index in [9.17, 15) is 4.79 Å². The van der Waals surface area contributed by atoms with Crippen LogP contribution in [0.25, 0.3) is 11.0 Å². The van der Waals surface area contributed by atoms with Gasteiger partial charge in [0, 0.05) is 38.5 Å². The molecule has 0 saturated carbocycles. The number of ether oxygens (including phenoxy) is 2. The summed E-state index contributed by atoms with van der Waals surface area (Å²) < 4.78 is 19.9. The average Bonchev–Trinajstić information content (AvgIpc) is 3.41. The molecule has 0 aliphatic carbocycles. The van der Waals surface area contributed by atoms with Crippen LogP contribution in [0, 0.1) is 0 Å². The maximum Gasteiger partial charge on any atom is 0.410 e. The van der Waals surface area contributed by atoms with Gasteiger partial charge in [-0.15, -0.1) is 0 Å². The van der Waals surface area contributed by atoms with Gasteiger partial charge in [-0.1, -0.05) is 51.1 Å². The zero-order valence-electron chi connectivity index (χ0n) is 28.6. The van der Waals surface area contributed by atoms with Crippen LogP contribution in [0.5, 0.6) is 0 Å². The van der Waals surface area contributed by atoms with Gasteiger partial charge >= 0.3 is 6.09 Å². The molecule has 1 amide bonds. The topological polar surface area (TPSA) is 133 Å². The molecule has 4 heterocycles. The number of fused-ring (bicyclic) bond motifs is 1. The molecule has 5 rings (SSSR count). The number of hydrogen-bond acceptors (Lipinski definition) is 11. The second-order valence-corrected chi connectivity index (χ2v) is 18.0. The molecule has 0 radical (unpaired) electrons. The van der Waals surface area contributed by atoms with Crippen LogP contribution in [0.4, 0.5) is 22.4 Å². The van der Waals surface area contributed by atoms with E-state index >= 15 is 0 Å². The standard InChI is InChI=1S/C33H47N9O4Si/c1-8-44-19-18-42-29-28(26(39-42)22-46-47(6,7)33(3,4)5)37-31(38-30(29)36-27-14-15-34-23-35-27)40-16-17-41(24(2)20-40)32(43)45-21-25-12-10-9-11-13-25/h9-15,23-24H,8,16-22H2,1-7H3,(H,34,35,36,37,38)/t24-/m1/s1. The van der Waals surface area contributed by atoms with Gasteiger partial charge in [0.15, 0.2) is 14.1 Å². The highest BCUT2D eigenvalue weighted by atomic mass is 28.4. The third kappa shape index (κ3) is 8.24. The quantitative estimate of drug-likeness (QED) is 0.147. The fourth-order valence-corrected chi connectivity index (χ4v) is 6.01. The molecule has 14 heteroatoms. The molecule has 1 atom stereocenters. The third-order valence-electron chi connectivity index (χ3n) is 8.85. The molecule has 0 spiro atoms. The van der Waals surface area contributed by atoms with E-state index < -0.39 is 8.32 Å². The van der Waals surface area contributed by atoms with Crippen molar-refractivity contribution in [3.63, 3.8) is 0 Å². The van der Waals surface area contributed by atoms with Crippen LogP contribution in [0.3, 0.4) is 0 Å². The first kappa shape index (κ1) is 34.2. The van der Waals surface area contributed by atoms with Crippen LogP contribution in [0.15, 0.2) is 48.9 Å². The zero-order chi connectivity index (χ0) is 33.6. The highest BCUT2D eigenvalue weighted by Crippen LogP contribution is 2.38. The number of nitrogens with zero attached hydrogens (tertiary/aromatic N) is 8. The summed E-state index contributed by atoms with van der Waals surface area (Å²) in [6, 6.07) is 11.4. The van der Waals surface area contributed by atoms with Crippen LogP contribution in [0.1, 0.15) is 45.9 Å². The molecule has 13 nitrogen and oxygen atoms in total. The van der Waals surface area contributed by atoms with Crippen LogP contribution in [-0.4, -0.2) is 87.9 Å². The van der Waals surface area contributed by atoms with Gasteiger partial charge in [-0.25, -0.2) is 19.7 Å². The van der Waals surface area contributed by atoms with Crippen LogP contribution >= 0.6 is 0 Å². The number of hydrogen-bond donors (Lipinski definition) is 1. The van der Waals surface area contributed by atoms with Crippen molar-refractivity contribution in [3.8, 4) is 0 Å². The summed E-state index contributed by atoms with van der Waals surface area (Å²) in [6.45, 7) is 18.8. The fourth-order valence-electron chi connectivity index (χ4n) is 5.08. The molecule has 1 aliphatic heterocycles. The Bertz CT molecular complexity index is 1630. The molecule has 252 valence electrons. The van der Waals surface area contributed by atoms with Gasteiger partial charge in [0.05, 0.1) is 19.8 Å². The highest BCUT2D eigenvalue weighted by molar-refractivity contribution is 6.74. The minimum absolute atomic E-state index is 0.0399. The van der Waals surface area contributed by atoms with E-state index in [0.29, 0.717) is 69.1 Å². The lowest BCUT2D eigenvalue weighted by atomic mass is 10.2. The van der Waals surface area contributed by atoms with Gasteiger partial charge in [-0.05, 0) is 43.6 Å². The Labute approximate surface area is 277 Å². The fraction of sp³-hybridized carbons (Fsp3) is 0.515. The van der Waals surface area contributed by atoms with Gasteiger partial charge < -0.3 is 29.0 Å². The SMILES string of the molecule is CCOCCn1nc(CO[Si](C)(C)C(C)(C)C)c2nc(N3CCN(C(=O)OCc4ccccc4)[C@H](C)C3)nc(Nc3ccncn3)c21. The predicted octanol–water partition coefficient (Wildman–Crippen LogP) is 5.77. The lowest BCUT2D eigenvalue weighted by Gasteiger charge is -2.39. The number of anilines is 3. The van der Waals surface area contributed by atoms with Crippen molar-refractivity contribution in [2.24, 2.45) is 0 Å². The van der Waals surface area contributed by atoms with Crippen LogP contribution in [-0.2, 0) is 33.7 Å². The van der Waals surface area contributed by atoms with E-state index in [-0.39, 0.29) is 23.8 Å². The molecular formula is C33H47N9O4Si. The van der Waals surface area contributed by atoms with Gasteiger partial charge in [0.1, 0.15) is 35.5 Å². The number of carbonyl (C=O) groups excluding carboxylic acids is 1. The van der Waals surface area contributed by atoms with E-state index in [1.807, 2.05) is 48.9 Å². The van der Waals surface area contributed by atoms with Crippen molar-refractivity contribution < 1.29 is 18.7 Å². The summed E-state index contributed by atoms with van der Waals surface area (Å²) in [4.78, 5) is 35.5. The Kier molecular flexibility index (Phi) is 10.7. The largest absolute Gasteiger partial charge is 0.445 e. The van der Waals surface area contributed by atoms with E-state index in [0.717, 1.165) is 16.8 Å². The maximum absolute atomic E-state index is 13.0. The number of aromatic nitrogens is 6. The second-order valence-electron chi connectivity index (χ2n) is 13.2. The summed E-state index contributed by atoms with van der Waals surface area (Å²) in [5.41, 5.74) is 3.15. The van der Waals surface area contributed by atoms with Gasteiger partial charge in [0.2, 0.25) is 5.95 Å². The predicted molar refractivity (Wildman–Crippen MR) is 184 cm³/mol. The average molecular weight is 662 g/mol. The lowest BCUT2D eigenvalue weighted by Crippen LogP contribution is -2.54. The monoisotopic (exact) mass is 661 g/mol. The Morgan fingerprint density at radius 1 is 1.09 bits per heavy atom. The minimum Gasteiger partial charge on any atom is -0.445 e.